The quantitative estimate of drug-likeness (QED) is 0.259. The van der Waals surface area contributed by atoms with Gasteiger partial charge in [-0.15, -0.1) is 22.7 Å². The smallest absolute Gasteiger partial charge is 0.284 e. The summed E-state index contributed by atoms with van der Waals surface area (Å²) in [4.78, 5) is 38.0. The molecule has 10 heteroatoms. The van der Waals surface area contributed by atoms with Gasteiger partial charge in [-0.2, -0.15) is 0 Å². The number of thiazole rings is 2. The third-order valence-electron chi connectivity index (χ3n) is 7.71. The molecule has 0 radical (unpaired) electrons. The molecule has 206 valence electrons. The molecule has 2 amide bonds. The van der Waals surface area contributed by atoms with Gasteiger partial charge in [-0.3, -0.25) is 9.59 Å². The number of aromatic nitrogens is 2. The minimum absolute atomic E-state index is 0.183. The van der Waals surface area contributed by atoms with Crippen LogP contribution in [0.4, 0.5) is 11.4 Å². The Labute approximate surface area is 241 Å². The molecule has 2 aromatic heterocycles. The maximum absolute atomic E-state index is 13.2. The molecule has 0 saturated carbocycles. The lowest BCUT2D eigenvalue weighted by molar-refractivity contribution is 0.101. The maximum Gasteiger partial charge on any atom is 0.284 e. The van der Waals surface area contributed by atoms with Crippen molar-refractivity contribution in [3.63, 3.8) is 0 Å². The first-order chi connectivity index (χ1) is 19.3. The zero-order chi connectivity index (χ0) is 28.0. The molecular weight excluding hydrogens is 541 g/mol. The molecule has 6 rings (SSSR count). The molecule has 0 aliphatic carbocycles. The van der Waals surface area contributed by atoms with E-state index in [9.17, 15) is 9.59 Å². The van der Waals surface area contributed by atoms with E-state index in [0.29, 0.717) is 10.0 Å². The van der Waals surface area contributed by atoms with Crippen LogP contribution in [0, 0.1) is 27.7 Å². The van der Waals surface area contributed by atoms with E-state index in [0.717, 1.165) is 105 Å². The summed E-state index contributed by atoms with van der Waals surface area (Å²) in [5, 5.41) is 14.0. The average molecular weight is 573 g/mol. The van der Waals surface area contributed by atoms with Crippen LogP contribution in [0.15, 0.2) is 24.3 Å². The van der Waals surface area contributed by atoms with Crippen molar-refractivity contribution in [2.75, 3.05) is 23.7 Å². The Morgan fingerprint density at radius 1 is 0.700 bits per heavy atom. The molecule has 4 heterocycles. The van der Waals surface area contributed by atoms with Crippen molar-refractivity contribution in [2.24, 2.45) is 0 Å². The van der Waals surface area contributed by atoms with E-state index in [-0.39, 0.29) is 11.8 Å². The van der Waals surface area contributed by atoms with E-state index in [4.69, 9.17) is 0 Å². The molecule has 40 heavy (non-hydrogen) atoms. The number of benzene rings is 2. The average Bonchev–Trinajstić information content (AvgIpc) is 3.58. The number of nitrogens with zero attached hydrogens (tertiary/aromatic N) is 2. The number of carbonyl (C=O) groups excluding carboxylic acids is 2. The van der Waals surface area contributed by atoms with Gasteiger partial charge < -0.3 is 21.3 Å². The molecule has 0 atom stereocenters. The highest BCUT2D eigenvalue weighted by Crippen LogP contribution is 2.37. The summed E-state index contributed by atoms with van der Waals surface area (Å²) in [5.41, 5.74) is 9.56. The third kappa shape index (κ3) is 4.96. The zero-order valence-corrected chi connectivity index (χ0v) is 24.7. The standard InChI is InChI=1S/C30H32N6O2S2/c1-15-5-7-19(17(3)25(15)35-27(37)29-33-21-9-11-31-13-23(21)39-29)20-8-6-16(2)26(18(20)4)36-28(38)30-34-22-10-12-32-14-24(22)40-30/h5-8,31-32H,9-14H2,1-4H3,(H,35,37)(H,36,38). The second kappa shape index (κ2) is 10.9. The van der Waals surface area contributed by atoms with E-state index in [1.165, 1.54) is 22.7 Å². The fourth-order valence-corrected chi connectivity index (χ4v) is 7.39. The van der Waals surface area contributed by atoms with E-state index in [1.807, 2.05) is 39.8 Å². The number of fused-ring (bicyclic) bond motifs is 2. The number of amides is 2. The normalized spacial score (nSPS) is 14.4. The van der Waals surface area contributed by atoms with Crippen molar-refractivity contribution in [1.82, 2.24) is 20.6 Å². The van der Waals surface area contributed by atoms with Gasteiger partial charge in [0.2, 0.25) is 0 Å². The molecule has 2 aliphatic heterocycles. The molecular formula is C30H32N6O2S2. The fourth-order valence-electron chi connectivity index (χ4n) is 5.44. The highest BCUT2D eigenvalue weighted by atomic mass is 32.1. The monoisotopic (exact) mass is 572 g/mol. The van der Waals surface area contributed by atoms with Crippen LogP contribution in [-0.2, 0) is 25.9 Å². The first-order valence-corrected chi connectivity index (χ1v) is 15.2. The predicted octanol–water partition coefficient (Wildman–Crippen LogP) is 5.30. The third-order valence-corrected chi connectivity index (χ3v) is 9.90. The van der Waals surface area contributed by atoms with Gasteiger partial charge in [0.25, 0.3) is 11.8 Å². The van der Waals surface area contributed by atoms with Crippen LogP contribution in [0.1, 0.15) is 63.0 Å². The minimum Gasteiger partial charge on any atom is -0.319 e. The number of anilines is 2. The lowest BCUT2D eigenvalue weighted by Gasteiger charge is -2.19. The van der Waals surface area contributed by atoms with Gasteiger partial charge >= 0.3 is 0 Å². The molecule has 0 fully saturated rings. The zero-order valence-electron chi connectivity index (χ0n) is 23.1. The van der Waals surface area contributed by atoms with Crippen LogP contribution in [0.5, 0.6) is 0 Å². The first-order valence-electron chi connectivity index (χ1n) is 13.5. The molecule has 0 bridgehead atoms. The van der Waals surface area contributed by atoms with Gasteiger partial charge in [-0.1, -0.05) is 24.3 Å². The van der Waals surface area contributed by atoms with E-state index in [2.05, 4.69) is 43.4 Å². The Hall–Kier alpha value is -3.44. The predicted molar refractivity (Wildman–Crippen MR) is 162 cm³/mol. The summed E-state index contributed by atoms with van der Waals surface area (Å²) in [7, 11) is 0. The number of rotatable bonds is 5. The summed E-state index contributed by atoms with van der Waals surface area (Å²) in [5.74, 6) is -0.365. The van der Waals surface area contributed by atoms with Crippen LogP contribution in [0.2, 0.25) is 0 Å². The van der Waals surface area contributed by atoms with Crippen LogP contribution in [0.3, 0.4) is 0 Å². The summed E-state index contributed by atoms with van der Waals surface area (Å²) in [6, 6.07) is 8.22. The minimum atomic E-state index is -0.183. The van der Waals surface area contributed by atoms with Gasteiger partial charge in [0.05, 0.1) is 11.4 Å². The van der Waals surface area contributed by atoms with Crippen LogP contribution in [-0.4, -0.2) is 34.9 Å². The van der Waals surface area contributed by atoms with Crippen molar-refractivity contribution in [1.29, 1.82) is 0 Å². The van der Waals surface area contributed by atoms with Crippen LogP contribution >= 0.6 is 22.7 Å². The van der Waals surface area contributed by atoms with E-state index >= 15 is 0 Å². The Morgan fingerprint density at radius 3 is 1.52 bits per heavy atom. The topological polar surface area (TPSA) is 108 Å². The van der Waals surface area contributed by atoms with Gasteiger partial charge in [-0.25, -0.2) is 9.97 Å². The lowest BCUT2D eigenvalue weighted by atomic mass is 9.91. The highest BCUT2D eigenvalue weighted by molar-refractivity contribution is 7.14. The maximum atomic E-state index is 13.2. The van der Waals surface area contributed by atoms with Gasteiger partial charge in [-0.05, 0) is 61.1 Å². The molecule has 0 spiro atoms. The number of nitrogens with one attached hydrogen (secondary N) is 4. The first kappa shape index (κ1) is 26.8. The molecule has 8 nitrogen and oxygen atoms in total. The second-order valence-electron chi connectivity index (χ2n) is 10.4. The lowest BCUT2D eigenvalue weighted by Crippen LogP contribution is -2.22. The number of hydrogen-bond acceptors (Lipinski definition) is 8. The highest BCUT2D eigenvalue weighted by Gasteiger charge is 2.23. The van der Waals surface area contributed by atoms with Crippen LogP contribution in [0.25, 0.3) is 11.1 Å². The molecule has 2 aromatic carbocycles. The molecule has 4 N–H and O–H groups in total. The van der Waals surface area contributed by atoms with E-state index < -0.39 is 0 Å². The van der Waals surface area contributed by atoms with Crippen molar-refractivity contribution < 1.29 is 9.59 Å². The molecule has 0 unspecified atom stereocenters. The van der Waals surface area contributed by atoms with Gasteiger partial charge in [0, 0.05) is 60.1 Å². The number of aryl methyl sites for hydroxylation is 2. The summed E-state index contributed by atoms with van der Waals surface area (Å²) >= 11 is 2.92. The summed E-state index contributed by atoms with van der Waals surface area (Å²) in [6.45, 7) is 11.4. The molecule has 0 saturated heterocycles. The Morgan fingerprint density at radius 2 is 1.12 bits per heavy atom. The SMILES string of the molecule is Cc1ccc(-c2ccc(C)c(NC(=O)c3nc4c(s3)CNCC4)c2C)c(C)c1NC(=O)c1nc2c(s1)CNCC2. The van der Waals surface area contributed by atoms with Crippen molar-refractivity contribution in [3.8, 4) is 11.1 Å². The van der Waals surface area contributed by atoms with Crippen molar-refractivity contribution >= 4 is 45.9 Å². The van der Waals surface area contributed by atoms with Gasteiger partial charge in [0.15, 0.2) is 10.0 Å². The Balaban J connectivity index is 1.29. The summed E-state index contributed by atoms with van der Waals surface area (Å²) < 4.78 is 0. The molecule has 4 aromatic rings. The van der Waals surface area contributed by atoms with Crippen molar-refractivity contribution in [3.05, 3.63) is 77.7 Å². The van der Waals surface area contributed by atoms with Gasteiger partial charge in [0.1, 0.15) is 0 Å². The molecule has 2 aliphatic rings. The van der Waals surface area contributed by atoms with Crippen molar-refractivity contribution in [2.45, 2.75) is 53.6 Å². The largest absolute Gasteiger partial charge is 0.319 e. The van der Waals surface area contributed by atoms with Crippen LogP contribution < -0.4 is 21.3 Å². The summed E-state index contributed by atoms with van der Waals surface area (Å²) in [6.07, 6.45) is 1.70. The number of carbonyl (C=O) groups is 2. The fraction of sp³-hybridized carbons (Fsp3) is 0.333. The Kier molecular flexibility index (Phi) is 7.26. The Bertz CT molecular complexity index is 1490. The van der Waals surface area contributed by atoms with E-state index in [1.54, 1.807) is 0 Å². The second-order valence-corrected chi connectivity index (χ2v) is 12.6. The number of hydrogen-bond donors (Lipinski definition) is 4.